The molecular formula is C16H18ClNO3. The van der Waals surface area contributed by atoms with Crippen LogP contribution in [0.3, 0.4) is 0 Å². The highest BCUT2D eigenvalue weighted by Crippen LogP contribution is 2.70. The van der Waals surface area contributed by atoms with Crippen LogP contribution in [0.2, 0.25) is 5.02 Å². The van der Waals surface area contributed by atoms with Crippen LogP contribution in [0.5, 0.6) is 0 Å². The standard InChI is InChI=1S/C16H18ClNO3/c1-10(14(20)21-2)15-7-16(8-15,9-15)18-13(19)11-4-3-5-12(17)6-11/h3-6,10H,7-9H2,1-2H3,(H,18,19). The number of hydrogen-bond donors (Lipinski definition) is 1. The van der Waals surface area contributed by atoms with Gasteiger partial charge in [0.2, 0.25) is 0 Å². The van der Waals surface area contributed by atoms with Crippen LogP contribution in [0.15, 0.2) is 24.3 Å². The van der Waals surface area contributed by atoms with Crippen molar-refractivity contribution in [3.63, 3.8) is 0 Å². The van der Waals surface area contributed by atoms with E-state index in [1.54, 1.807) is 24.3 Å². The zero-order valence-electron chi connectivity index (χ0n) is 12.1. The van der Waals surface area contributed by atoms with Gasteiger partial charge in [0.15, 0.2) is 0 Å². The Bertz CT molecular complexity index is 594. The van der Waals surface area contributed by atoms with Crippen LogP contribution < -0.4 is 5.32 Å². The van der Waals surface area contributed by atoms with Crippen molar-refractivity contribution in [1.82, 2.24) is 5.32 Å². The molecule has 3 saturated carbocycles. The zero-order valence-corrected chi connectivity index (χ0v) is 12.9. The van der Waals surface area contributed by atoms with Crippen LogP contribution in [0.25, 0.3) is 0 Å². The average molecular weight is 308 g/mol. The van der Waals surface area contributed by atoms with E-state index in [9.17, 15) is 9.59 Å². The highest BCUT2D eigenvalue weighted by molar-refractivity contribution is 6.30. The summed E-state index contributed by atoms with van der Waals surface area (Å²) >= 11 is 5.90. The fourth-order valence-corrected chi connectivity index (χ4v) is 4.02. The van der Waals surface area contributed by atoms with Crippen LogP contribution in [-0.2, 0) is 9.53 Å². The van der Waals surface area contributed by atoms with Crippen molar-refractivity contribution in [2.24, 2.45) is 11.3 Å². The molecule has 1 N–H and O–H groups in total. The topological polar surface area (TPSA) is 55.4 Å². The monoisotopic (exact) mass is 307 g/mol. The Kier molecular flexibility index (Phi) is 3.24. The van der Waals surface area contributed by atoms with Crippen LogP contribution in [-0.4, -0.2) is 24.5 Å². The third-order valence-electron chi connectivity index (χ3n) is 5.01. The first-order valence-electron chi connectivity index (χ1n) is 7.06. The van der Waals surface area contributed by atoms with E-state index in [2.05, 4.69) is 5.32 Å². The van der Waals surface area contributed by atoms with E-state index < -0.39 is 0 Å². The number of nitrogens with one attached hydrogen (secondary N) is 1. The van der Waals surface area contributed by atoms with Gasteiger partial charge >= 0.3 is 5.97 Å². The third-order valence-corrected chi connectivity index (χ3v) is 5.25. The molecule has 0 spiro atoms. The summed E-state index contributed by atoms with van der Waals surface area (Å²) in [5, 5.41) is 3.64. The molecule has 112 valence electrons. The summed E-state index contributed by atoms with van der Waals surface area (Å²) in [5.41, 5.74) is 0.457. The number of carbonyl (C=O) groups excluding carboxylic acids is 2. The number of ether oxygens (including phenoxy) is 1. The molecule has 1 amide bonds. The molecule has 5 heteroatoms. The molecule has 21 heavy (non-hydrogen) atoms. The molecule has 3 aliphatic carbocycles. The first kappa shape index (κ1) is 14.4. The Morgan fingerprint density at radius 3 is 2.57 bits per heavy atom. The molecule has 0 aromatic heterocycles. The van der Waals surface area contributed by atoms with Gasteiger partial charge in [-0.3, -0.25) is 9.59 Å². The fourth-order valence-electron chi connectivity index (χ4n) is 3.83. The summed E-state index contributed by atoms with van der Waals surface area (Å²) in [7, 11) is 1.42. The van der Waals surface area contributed by atoms with Gasteiger partial charge < -0.3 is 10.1 Å². The lowest BCUT2D eigenvalue weighted by atomic mass is 9.36. The van der Waals surface area contributed by atoms with E-state index in [4.69, 9.17) is 16.3 Å². The summed E-state index contributed by atoms with van der Waals surface area (Å²) in [5.74, 6) is -0.367. The zero-order chi connectivity index (χ0) is 15.3. The van der Waals surface area contributed by atoms with Gasteiger partial charge in [0.25, 0.3) is 5.91 Å². The predicted octanol–water partition coefficient (Wildman–Crippen LogP) is 2.80. The molecule has 0 radical (unpaired) electrons. The summed E-state index contributed by atoms with van der Waals surface area (Å²) in [6.45, 7) is 1.91. The number of carbonyl (C=O) groups is 2. The van der Waals surface area contributed by atoms with E-state index in [-0.39, 0.29) is 28.7 Å². The maximum Gasteiger partial charge on any atom is 0.308 e. The predicted molar refractivity (Wildman–Crippen MR) is 79.1 cm³/mol. The van der Waals surface area contributed by atoms with Gasteiger partial charge in [0, 0.05) is 16.1 Å². The lowest BCUT2D eigenvalue weighted by Crippen LogP contribution is -2.77. The normalized spacial score (nSPS) is 30.6. The number of esters is 1. The van der Waals surface area contributed by atoms with Crippen molar-refractivity contribution < 1.29 is 14.3 Å². The Morgan fingerprint density at radius 2 is 2.00 bits per heavy atom. The first-order valence-corrected chi connectivity index (χ1v) is 7.43. The number of methoxy groups -OCH3 is 1. The van der Waals surface area contributed by atoms with Gasteiger partial charge in [-0.25, -0.2) is 0 Å². The van der Waals surface area contributed by atoms with E-state index in [1.165, 1.54) is 7.11 Å². The number of benzene rings is 1. The number of hydrogen-bond acceptors (Lipinski definition) is 3. The third kappa shape index (κ3) is 2.22. The van der Waals surface area contributed by atoms with Crippen molar-refractivity contribution in [2.75, 3.05) is 7.11 Å². The molecule has 0 saturated heterocycles. The second-order valence-electron chi connectivity index (χ2n) is 6.38. The van der Waals surface area contributed by atoms with Gasteiger partial charge in [-0.05, 0) is 42.9 Å². The average Bonchev–Trinajstić information content (AvgIpc) is 2.39. The van der Waals surface area contributed by atoms with Crippen LogP contribution in [0.4, 0.5) is 0 Å². The minimum atomic E-state index is -0.163. The van der Waals surface area contributed by atoms with Gasteiger partial charge in [-0.2, -0.15) is 0 Å². The van der Waals surface area contributed by atoms with E-state index >= 15 is 0 Å². The molecule has 2 bridgehead atoms. The number of rotatable bonds is 4. The van der Waals surface area contributed by atoms with E-state index in [0.29, 0.717) is 10.6 Å². The Hall–Kier alpha value is -1.55. The molecular weight excluding hydrogens is 290 g/mol. The van der Waals surface area contributed by atoms with Gasteiger partial charge in [-0.15, -0.1) is 0 Å². The first-order chi connectivity index (χ1) is 9.90. The van der Waals surface area contributed by atoms with Crippen molar-refractivity contribution >= 4 is 23.5 Å². The summed E-state index contributed by atoms with van der Waals surface area (Å²) in [6, 6.07) is 6.92. The van der Waals surface area contributed by atoms with Crippen LogP contribution in [0, 0.1) is 11.3 Å². The number of amides is 1. The molecule has 1 aromatic carbocycles. The largest absolute Gasteiger partial charge is 0.469 e. The molecule has 1 atom stereocenters. The maximum atomic E-state index is 12.2. The van der Waals surface area contributed by atoms with Crippen molar-refractivity contribution in [1.29, 1.82) is 0 Å². The lowest BCUT2D eigenvalue weighted by molar-refractivity contribution is -0.197. The molecule has 4 nitrogen and oxygen atoms in total. The van der Waals surface area contributed by atoms with Gasteiger partial charge in [-0.1, -0.05) is 24.6 Å². The molecule has 0 aliphatic heterocycles. The summed E-state index contributed by atoms with van der Waals surface area (Å²) in [6.07, 6.45) is 2.55. The quantitative estimate of drug-likeness (QED) is 0.870. The van der Waals surface area contributed by atoms with Gasteiger partial charge in [0.05, 0.1) is 13.0 Å². The summed E-state index contributed by atoms with van der Waals surface area (Å²) in [4.78, 5) is 23.9. The SMILES string of the molecule is COC(=O)C(C)C12CC(NC(=O)c3cccc(Cl)c3)(C1)C2. The highest BCUT2D eigenvalue weighted by atomic mass is 35.5. The van der Waals surface area contributed by atoms with E-state index in [0.717, 1.165) is 19.3 Å². The molecule has 4 rings (SSSR count). The molecule has 3 aliphatic rings. The highest BCUT2D eigenvalue weighted by Gasteiger charge is 2.71. The Balaban J connectivity index is 1.61. The second-order valence-corrected chi connectivity index (χ2v) is 6.82. The van der Waals surface area contributed by atoms with Gasteiger partial charge in [0.1, 0.15) is 0 Å². The van der Waals surface area contributed by atoms with Crippen molar-refractivity contribution in [3.05, 3.63) is 34.9 Å². The minimum absolute atomic E-state index is 0.0225. The number of halogens is 1. The van der Waals surface area contributed by atoms with E-state index in [1.807, 2.05) is 6.92 Å². The fraction of sp³-hybridized carbons (Fsp3) is 0.500. The smallest absolute Gasteiger partial charge is 0.308 e. The molecule has 3 fully saturated rings. The van der Waals surface area contributed by atoms with Crippen LogP contribution >= 0.6 is 11.6 Å². The Labute approximate surface area is 128 Å². The van der Waals surface area contributed by atoms with Crippen molar-refractivity contribution in [3.8, 4) is 0 Å². The minimum Gasteiger partial charge on any atom is -0.469 e. The second kappa shape index (κ2) is 4.73. The van der Waals surface area contributed by atoms with Crippen molar-refractivity contribution in [2.45, 2.75) is 31.7 Å². The summed E-state index contributed by atoms with van der Waals surface area (Å²) < 4.78 is 4.81. The van der Waals surface area contributed by atoms with Crippen LogP contribution in [0.1, 0.15) is 36.5 Å². The maximum absolute atomic E-state index is 12.2. The molecule has 1 aromatic rings. The lowest BCUT2D eigenvalue weighted by Gasteiger charge is -2.72. The Morgan fingerprint density at radius 1 is 1.33 bits per heavy atom. The molecule has 0 heterocycles. The molecule has 1 unspecified atom stereocenters.